The SMILES string of the molecule is Cc1cccc(CN2CCCn3cccc3[C@H]2c2ccc(C(F)(F)F)cc2)c1. The smallest absolute Gasteiger partial charge is 0.350 e. The molecule has 1 atom stereocenters. The average molecular weight is 384 g/mol. The van der Waals surface area contributed by atoms with Crippen LogP contribution < -0.4 is 0 Å². The molecule has 0 unspecified atom stereocenters. The van der Waals surface area contributed by atoms with Gasteiger partial charge in [0.1, 0.15) is 0 Å². The average Bonchev–Trinajstić information content (AvgIpc) is 3.03. The monoisotopic (exact) mass is 384 g/mol. The predicted octanol–water partition coefficient (Wildman–Crippen LogP) is 5.81. The van der Waals surface area contributed by atoms with Crippen LogP contribution in [0.1, 0.15) is 40.4 Å². The maximum absolute atomic E-state index is 13.0. The van der Waals surface area contributed by atoms with Gasteiger partial charge in [-0.1, -0.05) is 42.0 Å². The first-order valence-electron chi connectivity index (χ1n) is 9.53. The molecule has 2 nitrogen and oxygen atoms in total. The van der Waals surface area contributed by atoms with Crippen molar-refractivity contribution in [2.45, 2.75) is 38.7 Å². The molecule has 1 aromatic heterocycles. The molecular weight excluding hydrogens is 361 g/mol. The van der Waals surface area contributed by atoms with Crippen LogP contribution in [0.25, 0.3) is 0 Å². The van der Waals surface area contributed by atoms with Gasteiger partial charge in [-0.25, -0.2) is 0 Å². The highest BCUT2D eigenvalue weighted by Crippen LogP contribution is 2.35. The van der Waals surface area contributed by atoms with Crippen molar-refractivity contribution in [3.63, 3.8) is 0 Å². The second-order valence-electron chi connectivity index (χ2n) is 7.46. The van der Waals surface area contributed by atoms with Gasteiger partial charge in [-0.05, 0) is 48.7 Å². The van der Waals surface area contributed by atoms with Crippen LogP contribution >= 0.6 is 0 Å². The van der Waals surface area contributed by atoms with Gasteiger partial charge >= 0.3 is 6.18 Å². The molecule has 0 amide bonds. The Labute approximate surface area is 163 Å². The summed E-state index contributed by atoms with van der Waals surface area (Å²) in [5, 5.41) is 0. The number of aromatic nitrogens is 1. The fraction of sp³-hybridized carbons (Fsp3) is 0.304. The van der Waals surface area contributed by atoms with Crippen molar-refractivity contribution in [2.24, 2.45) is 0 Å². The number of alkyl halides is 3. The Morgan fingerprint density at radius 1 is 0.964 bits per heavy atom. The normalized spacial score (nSPS) is 17.9. The molecule has 1 aliphatic heterocycles. The molecule has 0 N–H and O–H groups in total. The minimum Gasteiger partial charge on any atom is -0.350 e. The van der Waals surface area contributed by atoms with Crippen LogP contribution in [0.15, 0.2) is 66.9 Å². The zero-order chi connectivity index (χ0) is 19.7. The summed E-state index contributed by atoms with van der Waals surface area (Å²) in [6, 6.07) is 18.1. The van der Waals surface area contributed by atoms with Gasteiger partial charge in [0.2, 0.25) is 0 Å². The number of hydrogen-bond acceptors (Lipinski definition) is 1. The molecule has 1 aliphatic rings. The molecule has 0 spiro atoms. The van der Waals surface area contributed by atoms with E-state index in [1.54, 1.807) is 12.1 Å². The second-order valence-corrected chi connectivity index (χ2v) is 7.46. The van der Waals surface area contributed by atoms with Gasteiger partial charge in [0, 0.05) is 31.5 Å². The Morgan fingerprint density at radius 2 is 1.75 bits per heavy atom. The molecule has 28 heavy (non-hydrogen) atoms. The molecule has 0 bridgehead atoms. The first-order chi connectivity index (χ1) is 13.4. The zero-order valence-corrected chi connectivity index (χ0v) is 15.8. The van der Waals surface area contributed by atoms with Gasteiger partial charge in [-0.15, -0.1) is 0 Å². The van der Waals surface area contributed by atoms with Crippen molar-refractivity contribution in [3.05, 3.63) is 94.8 Å². The largest absolute Gasteiger partial charge is 0.416 e. The molecule has 0 radical (unpaired) electrons. The van der Waals surface area contributed by atoms with E-state index >= 15 is 0 Å². The van der Waals surface area contributed by atoms with Crippen LogP contribution in [0.5, 0.6) is 0 Å². The summed E-state index contributed by atoms with van der Waals surface area (Å²) in [6.07, 6.45) is -1.25. The first-order valence-corrected chi connectivity index (χ1v) is 9.53. The molecular formula is C23H23F3N2. The van der Waals surface area contributed by atoms with Gasteiger partial charge in [0.15, 0.2) is 0 Å². The number of rotatable bonds is 3. The summed E-state index contributed by atoms with van der Waals surface area (Å²) in [4.78, 5) is 2.37. The van der Waals surface area contributed by atoms with Gasteiger partial charge in [-0.2, -0.15) is 13.2 Å². The van der Waals surface area contributed by atoms with Crippen molar-refractivity contribution in [3.8, 4) is 0 Å². The molecule has 3 aromatic rings. The van der Waals surface area contributed by atoms with Gasteiger partial charge in [0.05, 0.1) is 11.6 Å². The van der Waals surface area contributed by atoms with Gasteiger partial charge in [0.25, 0.3) is 0 Å². The van der Waals surface area contributed by atoms with E-state index in [9.17, 15) is 13.2 Å². The van der Waals surface area contributed by atoms with Crippen LogP contribution in [-0.2, 0) is 19.3 Å². The molecule has 2 aromatic carbocycles. The number of nitrogens with zero attached hydrogens (tertiary/aromatic N) is 2. The molecule has 0 saturated heterocycles. The topological polar surface area (TPSA) is 8.17 Å². The van der Waals surface area contributed by atoms with Crippen LogP contribution in [0.3, 0.4) is 0 Å². The van der Waals surface area contributed by atoms with E-state index in [2.05, 4.69) is 52.9 Å². The number of aryl methyl sites for hydroxylation is 2. The quantitative estimate of drug-likeness (QED) is 0.553. The summed E-state index contributed by atoms with van der Waals surface area (Å²) in [5.74, 6) is 0. The van der Waals surface area contributed by atoms with Gasteiger partial charge in [-0.3, -0.25) is 4.90 Å². The molecule has 0 saturated carbocycles. The third kappa shape index (κ3) is 3.85. The third-order valence-corrected chi connectivity index (χ3v) is 5.38. The Morgan fingerprint density at radius 3 is 2.46 bits per heavy atom. The van der Waals surface area contributed by atoms with Crippen molar-refractivity contribution >= 4 is 0 Å². The third-order valence-electron chi connectivity index (χ3n) is 5.38. The van der Waals surface area contributed by atoms with Crippen molar-refractivity contribution in [1.82, 2.24) is 9.47 Å². The lowest BCUT2D eigenvalue weighted by molar-refractivity contribution is -0.137. The standard InChI is InChI=1S/C23H23F3N2/c1-17-5-2-6-18(15-17)16-28-14-4-13-27-12-3-7-21(27)22(28)19-8-10-20(11-9-19)23(24,25)26/h2-3,5-12,15,22H,4,13-14,16H2,1H3/t22-/m1/s1. The van der Waals surface area contributed by atoms with E-state index in [4.69, 9.17) is 0 Å². The number of hydrogen-bond donors (Lipinski definition) is 0. The summed E-state index contributed by atoms with van der Waals surface area (Å²) >= 11 is 0. The molecule has 146 valence electrons. The molecule has 0 aliphatic carbocycles. The fourth-order valence-electron chi connectivity index (χ4n) is 4.09. The Bertz CT molecular complexity index is 941. The zero-order valence-electron chi connectivity index (χ0n) is 15.8. The summed E-state index contributed by atoms with van der Waals surface area (Å²) in [6.45, 7) is 4.65. The highest BCUT2D eigenvalue weighted by molar-refractivity contribution is 5.33. The summed E-state index contributed by atoms with van der Waals surface area (Å²) < 4.78 is 41.2. The van der Waals surface area contributed by atoms with E-state index in [-0.39, 0.29) is 6.04 Å². The van der Waals surface area contributed by atoms with E-state index < -0.39 is 11.7 Å². The first kappa shape index (κ1) is 18.8. The van der Waals surface area contributed by atoms with Crippen molar-refractivity contribution in [2.75, 3.05) is 6.54 Å². The van der Waals surface area contributed by atoms with Crippen molar-refractivity contribution in [1.29, 1.82) is 0 Å². The fourth-order valence-corrected chi connectivity index (χ4v) is 4.09. The lowest BCUT2D eigenvalue weighted by Crippen LogP contribution is -2.29. The second kappa shape index (κ2) is 7.47. The lowest BCUT2D eigenvalue weighted by Gasteiger charge is -2.31. The van der Waals surface area contributed by atoms with E-state index in [0.29, 0.717) is 0 Å². The van der Waals surface area contributed by atoms with Gasteiger partial charge < -0.3 is 4.57 Å². The molecule has 5 heteroatoms. The predicted molar refractivity (Wildman–Crippen MR) is 104 cm³/mol. The highest BCUT2D eigenvalue weighted by atomic mass is 19.4. The minimum absolute atomic E-state index is 0.0692. The number of fused-ring (bicyclic) bond motifs is 1. The van der Waals surface area contributed by atoms with E-state index in [0.717, 1.165) is 37.3 Å². The summed E-state index contributed by atoms with van der Waals surface area (Å²) in [7, 11) is 0. The highest BCUT2D eigenvalue weighted by Gasteiger charge is 2.32. The lowest BCUT2D eigenvalue weighted by atomic mass is 9.99. The number of benzene rings is 2. The van der Waals surface area contributed by atoms with Crippen LogP contribution in [0.4, 0.5) is 13.2 Å². The van der Waals surface area contributed by atoms with Crippen molar-refractivity contribution < 1.29 is 13.2 Å². The number of halogens is 3. The van der Waals surface area contributed by atoms with E-state index in [1.807, 2.05) is 6.07 Å². The Hall–Kier alpha value is -2.53. The maximum atomic E-state index is 13.0. The summed E-state index contributed by atoms with van der Waals surface area (Å²) in [5.41, 5.74) is 3.84. The van der Waals surface area contributed by atoms with Crippen LogP contribution in [0, 0.1) is 6.92 Å². The molecule has 4 rings (SSSR count). The molecule has 0 fully saturated rings. The Kier molecular flexibility index (Phi) is 5.02. The maximum Gasteiger partial charge on any atom is 0.416 e. The molecule has 2 heterocycles. The van der Waals surface area contributed by atoms with E-state index in [1.165, 1.54) is 23.3 Å². The van der Waals surface area contributed by atoms with Crippen LogP contribution in [-0.4, -0.2) is 16.0 Å². The minimum atomic E-state index is -4.32. The Balaban J connectivity index is 1.72. The van der Waals surface area contributed by atoms with Crippen LogP contribution in [0.2, 0.25) is 0 Å².